The molecule has 174 valence electrons. The Balaban J connectivity index is 1.36. The first-order valence-corrected chi connectivity index (χ1v) is 12.4. The fraction of sp³-hybridized carbons (Fsp3) is 0.148. The van der Waals surface area contributed by atoms with E-state index in [0.29, 0.717) is 23.5 Å². The van der Waals surface area contributed by atoms with Crippen LogP contribution in [0.5, 0.6) is 5.75 Å². The first-order valence-electron chi connectivity index (χ1n) is 10.9. The molecule has 0 atom stereocenters. The molecule has 7 heteroatoms. The molecule has 0 aliphatic heterocycles. The first kappa shape index (κ1) is 23.3. The summed E-state index contributed by atoms with van der Waals surface area (Å²) >= 11 is 0. The number of carbonyl (C=O) groups excluding carboxylic acids is 1. The van der Waals surface area contributed by atoms with Crippen LogP contribution in [-0.2, 0) is 21.4 Å². The number of hydrogen-bond donors (Lipinski definition) is 2. The van der Waals surface area contributed by atoms with Gasteiger partial charge in [-0.3, -0.25) is 9.52 Å². The maximum atomic E-state index is 12.7. The number of amides is 1. The Morgan fingerprint density at radius 3 is 2.38 bits per heavy atom. The van der Waals surface area contributed by atoms with Crippen LogP contribution < -0.4 is 14.8 Å². The quantitative estimate of drug-likeness (QED) is 0.378. The van der Waals surface area contributed by atoms with E-state index in [1.807, 2.05) is 61.5 Å². The number of nitrogens with one attached hydrogen (secondary N) is 2. The number of fused-ring (bicyclic) bond motifs is 1. The third kappa shape index (κ3) is 5.55. The normalized spacial score (nSPS) is 11.2. The van der Waals surface area contributed by atoms with Crippen molar-refractivity contribution < 1.29 is 17.9 Å². The summed E-state index contributed by atoms with van der Waals surface area (Å²) in [5.74, 6) is 0.194. The fourth-order valence-electron chi connectivity index (χ4n) is 3.62. The average molecular weight is 475 g/mol. The molecule has 0 saturated carbocycles. The number of rotatable bonds is 8. The molecular formula is C27H26N2O4S. The molecule has 0 unspecified atom stereocenters. The van der Waals surface area contributed by atoms with Crippen molar-refractivity contribution in [1.82, 2.24) is 5.32 Å². The topological polar surface area (TPSA) is 84.5 Å². The maximum absolute atomic E-state index is 12.7. The summed E-state index contributed by atoms with van der Waals surface area (Å²) < 4.78 is 33.6. The first-order chi connectivity index (χ1) is 16.3. The van der Waals surface area contributed by atoms with E-state index < -0.39 is 10.0 Å². The monoisotopic (exact) mass is 474 g/mol. The Morgan fingerprint density at radius 1 is 0.882 bits per heavy atom. The zero-order valence-electron chi connectivity index (χ0n) is 19.0. The SMILES string of the molecule is Cc1ccc(NS(=O)(=O)c2ccc(OCC(=O)NCc3cccc4ccccc34)c(C)c2)cc1. The van der Waals surface area contributed by atoms with Gasteiger partial charge in [0.1, 0.15) is 5.75 Å². The van der Waals surface area contributed by atoms with Crippen LogP contribution in [0.3, 0.4) is 0 Å². The summed E-state index contributed by atoms with van der Waals surface area (Å²) in [6, 6.07) is 25.7. The predicted octanol–water partition coefficient (Wildman–Crippen LogP) is 4.95. The second kappa shape index (κ2) is 9.97. The molecule has 4 aromatic carbocycles. The molecule has 0 aliphatic rings. The minimum absolute atomic E-state index is 0.123. The van der Waals surface area contributed by atoms with Gasteiger partial charge >= 0.3 is 0 Å². The van der Waals surface area contributed by atoms with Gasteiger partial charge in [0.25, 0.3) is 15.9 Å². The number of sulfonamides is 1. The smallest absolute Gasteiger partial charge is 0.261 e. The van der Waals surface area contributed by atoms with Gasteiger partial charge in [-0.15, -0.1) is 0 Å². The molecule has 1 amide bonds. The molecule has 0 aliphatic carbocycles. The van der Waals surface area contributed by atoms with Crippen LogP contribution in [0.15, 0.2) is 89.8 Å². The van der Waals surface area contributed by atoms with Crippen molar-refractivity contribution in [3.63, 3.8) is 0 Å². The van der Waals surface area contributed by atoms with Crippen molar-refractivity contribution in [3.8, 4) is 5.75 Å². The molecule has 6 nitrogen and oxygen atoms in total. The number of carbonyl (C=O) groups is 1. The lowest BCUT2D eigenvalue weighted by Gasteiger charge is -2.13. The van der Waals surface area contributed by atoms with Crippen LogP contribution in [0.4, 0.5) is 5.69 Å². The van der Waals surface area contributed by atoms with Crippen molar-refractivity contribution >= 4 is 32.4 Å². The minimum atomic E-state index is -3.74. The van der Waals surface area contributed by atoms with Crippen molar-refractivity contribution in [2.45, 2.75) is 25.3 Å². The molecule has 0 saturated heterocycles. The third-order valence-electron chi connectivity index (χ3n) is 5.48. The molecule has 2 N–H and O–H groups in total. The van der Waals surface area contributed by atoms with Gasteiger partial charge in [0.2, 0.25) is 0 Å². The Hall–Kier alpha value is -3.84. The van der Waals surface area contributed by atoms with Crippen molar-refractivity contribution in [3.05, 3.63) is 102 Å². The molecule has 34 heavy (non-hydrogen) atoms. The van der Waals surface area contributed by atoms with Gasteiger partial charge in [0, 0.05) is 12.2 Å². The summed E-state index contributed by atoms with van der Waals surface area (Å²) in [5.41, 5.74) is 3.18. The van der Waals surface area contributed by atoms with Crippen molar-refractivity contribution in [1.29, 1.82) is 0 Å². The molecule has 0 heterocycles. The largest absolute Gasteiger partial charge is 0.484 e. The van der Waals surface area contributed by atoms with Gasteiger partial charge in [-0.05, 0) is 66.1 Å². The Bertz CT molecular complexity index is 1430. The molecule has 4 rings (SSSR count). The molecule has 0 bridgehead atoms. The van der Waals surface area contributed by atoms with E-state index in [0.717, 1.165) is 21.9 Å². The van der Waals surface area contributed by atoms with Gasteiger partial charge in [-0.1, -0.05) is 60.2 Å². The summed E-state index contributed by atoms with van der Waals surface area (Å²) in [5, 5.41) is 5.09. The highest BCUT2D eigenvalue weighted by molar-refractivity contribution is 7.92. The zero-order chi connectivity index (χ0) is 24.1. The van der Waals surface area contributed by atoms with Gasteiger partial charge < -0.3 is 10.1 Å². The highest BCUT2D eigenvalue weighted by Crippen LogP contribution is 2.24. The number of benzene rings is 4. The van der Waals surface area contributed by atoms with Gasteiger partial charge in [0.05, 0.1) is 4.90 Å². The minimum Gasteiger partial charge on any atom is -0.484 e. The van der Waals surface area contributed by atoms with E-state index in [1.54, 1.807) is 25.1 Å². The van der Waals surface area contributed by atoms with Crippen LogP contribution in [-0.4, -0.2) is 20.9 Å². The van der Waals surface area contributed by atoms with Crippen LogP contribution >= 0.6 is 0 Å². The van der Waals surface area contributed by atoms with E-state index >= 15 is 0 Å². The lowest BCUT2D eigenvalue weighted by molar-refractivity contribution is -0.123. The van der Waals surface area contributed by atoms with E-state index in [2.05, 4.69) is 10.0 Å². The second-order valence-electron chi connectivity index (χ2n) is 8.10. The van der Waals surface area contributed by atoms with Crippen molar-refractivity contribution in [2.75, 3.05) is 11.3 Å². The average Bonchev–Trinajstić information content (AvgIpc) is 2.83. The van der Waals surface area contributed by atoms with E-state index in [9.17, 15) is 13.2 Å². The third-order valence-corrected chi connectivity index (χ3v) is 6.85. The number of aryl methyl sites for hydroxylation is 2. The second-order valence-corrected chi connectivity index (χ2v) is 9.78. The molecular weight excluding hydrogens is 448 g/mol. The molecule has 0 aromatic heterocycles. The lowest BCUT2D eigenvalue weighted by Crippen LogP contribution is -2.28. The molecule has 4 aromatic rings. The summed E-state index contributed by atoms with van der Waals surface area (Å²) in [7, 11) is -3.74. The Morgan fingerprint density at radius 2 is 1.62 bits per heavy atom. The molecule has 0 fully saturated rings. The van der Waals surface area contributed by atoms with Crippen LogP contribution in [0.1, 0.15) is 16.7 Å². The van der Waals surface area contributed by atoms with Gasteiger partial charge in [-0.25, -0.2) is 8.42 Å². The van der Waals surface area contributed by atoms with E-state index in [-0.39, 0.29) is 17.4 Å². The van der Waals surface area contributed by atoms with Gasteiger partial charge in [-0.2, -0.15) is 0 Å². The highest BCUT2D eigenvalue weighted by atomic mass is 32.2. The number of hydrogen-bond acceptors (Lipinski definition) is 4. The fourth-order valence-corrected chi connectivity index (χ4v) is 4.76. The lowest BCUT2D eigenvalue weighted by atomic mass is 10.0. The number of ether oxygens (including phenoxy) is 1. The van der Waals surface area contributed by atoms with Crippen LogP contribution in [0.2, 0.25) is 0 Å². The van der Waals surface area contributed by atoms with Crippen molar-refractivity contribution in [2.24, 2.45) is 0 Å². The van der Waals surface area contributed by atoms with Gasteiger partial charge in [0.15, 0.2) is 6.61 Å². The summed E-state index contributed by atoms with van der Waals surface area (Å²) in [4.78, 5) is 12.5. The molecule has 0 spiro atoms. The summed E-state index contributed by atoms with van der Waals surface area (Å²) in [6.07, 6.45) is 0. The maximum Gasteiger partial charge on any atom is 0.261 e. The summed E-state index contributed by atoms with van der Waals surface area (Å²) in [6.45, 7) is 3.90. The zero-order valence-corrected chi connectivity index (χ0v) is 19.9. The highest BCUT2D eigenvalue weighted by Gasteiger charge is 2.16. The standard InChI is InChI=1S/C27H26N2O4S/c1-19-10-12-23(13-11-19)29-34(31,32)24-14-15-26(20(2)16-24)33-18-27(30)28-17-22-8-5-7-21-6-3-4-9-25(21)22/h3-16,29H,17-18H2,1-2H3,(H,28,30). The predicted molar refractivity (Wildman–Crippen MR) is 134 cm³/mol. The van der Waals surface area contributed by atoms with Crippen LogP contribution in [0, 0.1) is 13.8 Å². The van der Waals surface area contributed by atoms with Crippen LogP contribution in [0.25, 0.3) is 10.8 Å². The molecule has 0 radical (unpaired) electrons. The van der Waals surface area contributed by atoms with E-state index in [1.165, 1.54) is 12.1 Å². The number of anilines is 1. The van der Waals surface area contributed by atoms with E-state index in [4.69, 9.17) is 4.74 Å². The Kier molecular flexibility index (Phi) is 6.84. The Labute approximate surface area is 199 Å².